The molecule has 0 radical (unpaired) electrons. The van der Waals surface area contributed by atoms with E-state index in [1.54, 1.807) is 12.3 Å². The second-order valence-corrected chi connectivity index (χ2v) is 4.89. The number of hydrogen-bond donors (Lipinski definition) is 2. The lowest BCUT2D eigenvalue weighted by Gasteiger charge is -2.09. The van der Waals surface area contributed by atoms with Crippen molar-refractivity contribution in [2.75, 3.05) is 11.9 Å². The number of pyridine rings is 1. The first-order chi connectivity index (χ1) is 9.83. The minimum absolute atomic E-state index is 0.173. The Morgan fingerprint density at radius 1 is 1.43 bits per heavy atom. The zero-order valence-electron chi connectivity index (χ0n) is 10.4. The smallest absolute Gasteiger partial charge is 0.422 e. The van der Waals surface area contributed by atoms with Crippen molar-refractivity contribution in [2.45, 2.75) is 6.18 Å². The van der Waals surface area contributed by atoms with Gasteiger partial charge in [0.2, 0.25) is 5.88 Å². The summed E-state index contributed by atoms with van der Waals surface area (Å²) in [5.41, 5.74) is 0.671. The zero-order chi connectivity index (χ0) is 15.5. The molecule has 0 aliphatic carbocycles. The van der Waals surface area contributed by atoms with Crippen LogP contribution in [0.4, 0.5) is 18.9 Å². The number of alkyl halides is 3. The molecule has 0 aromatic carbocycles. The van der Waals surface area contributed by atoms with E-state index in [1.807, 2.05) is 0 Å². The summed E-state index contributed by atoms with van der Waals surface area (Å²) >= 11 is 3.20. The van der Waals surface area contributed by atoms with Crippen molar-refractivity contribution in [2.24, 2.45) is 0 Å². The predicted molar refractivity (Wildman–Crippen MR) is 72.2 cm³/mol. The highest BCUT2D eigenvalue weighted by atomic mass is 79.9. The third-order valence-corrected chi connectivity index (χ3v) is 2.73. The molecule has 5 nitrogen and oxygen atoms in total. The average molecular weight is 364 g/mol. The van der Waals surface area contributed by atoms with E-state index in [4.69, 9.17) is 0 Å². The first-order valence-electron chi connectivity index (χ1n) is 5.64. The normalized spacial score (nSPS) is 11.2. The molecule has 21 heavy (non-hydrogen) atoms. The third-order valence-electron chi connectivity index (χ3n) is 2.27. The second-order valence-electron chi connectivity index (χ2n) is 3.97. The van der Waals surface area contributed by atoms with Gasteiger partial charge < -0.3 is 15.0 Å². The van der Waals surface area contributed by atoms with E-state index in [1.165, 1.54) is 18.3 Å². The summed E-state index contributed by atoms with van der Waals surface area (Å²) in [6.07, 6.45) is -1.61. The van der Waals surface area contributed by atoms with Crippen LogP contribution < -0.4 is 10.1 Å². The van der Waals surface area contributed by atoms with Crippen molar-refractivity contribution in [3.8, 4) is 5.88 Å². The molecule has 0 fully saturated rings. The topological polar surface area (TPSA) is 67.0 Å². The molecule has 0 bridgehead atoms. The maximum Gasteiger partial charge on any atom is 0.422 e. The van der Waals surface area contributed by atoms with E-state index in [0.717, 1.165) is 4.47 Å². The highest BCUT2D eigenvalue weighted by Gasteiger charge is 2.28. The van der Waals surface area contributed by atoms with Crippen LogP contribution >= 0.6 is 15.9 Å². The Morgan fingerprint density at radius 2 is 2.19 bits per heavy atom. The molecule has 0 atom stereocenters. The van der Waals surface area contributed by atoms with Crippen LogP contribution in [-0.4, -0.2) is 28.7 Å². The van der Waals surface area contributed by atoms with Gasteiger partial charge in [0.05, 0.1) is 11.9 Å². The number of hydrogen-bond acceptors (Lipinski definition) is 3. The van der Waals surface area contributed by atoms with Crippen molar-refractivity contribution in [1.82, 2.24) is 9.97 Å². The van der Waals surface area contributed by atoms with E-state index in [9.17, 15) is 18.0 Å². The summed E-state index contributed by atoms with van der Waals surface area (Å²) in [5.74, 6) is -0.570. The van der Waals surface area contributed by atoms with Crippen molar-refractivity contribution < 1.29 is 22.7 Å². The lowest BCUT2D eigenvalue weighted by molar-refractivity contribution is -0.154. The number of halogens is 4. The van der Waals surface area contributed by atoms with Crippen LogP contribution in [-0.2, 0) is 0 Å². The van der Waals surface area contributed by atoms with E-state index >= 15 is 0 Å². The van der Waals surface area contributed by atoms with Gasteiger partial charge in [0.15, 0.2) is 6.61 Å². The molecule has 2 heterocycles. The largest absolute Gasteiger partial charge is 0.468 e. The van der Waals surface area contributed by atoms with Crippen LogP contribution in [0.3, 0.4) is 0 Å². The Bertz CT molecular complexity index is 625. The van der Waals surface area contributed by atoms with E-state index in [2.05, 4.69) is 36.0 Å². The maximum absolute atomic E-state index is 12.0. The summed E-state index contributed by atoms with van der Waals surface area (Å²) in [7, 11) is 0. The number of nitrogens with zero attached hydrogens (tertiary/aromatic N) is 1. The van der Waals surface area contributed by atoms with Crippen LogP contribution in [0.5, 0.6) is 5.88 Å². The predicted octanol–water partition coefficient (Wildman–Crippen LogP) is 3.37. The molecule has 9 heteroatoms. The van der Waals surface area contributed by atoms with Gasteiger partial charge in [0, 0.05) is 16.7 Å². The Kier molecular flexibility index (Phi) is 4.51. The fraction of sp³-hybridized carbons (Fsp3) is 0.167. The molecule has 0 aliphatic rings. The first kappa shape index (κ1) is 15.4. The van der Waals surface area contributed by atoms with E-state index in [0.29, 0.717) is 11.4 Å². The molecule has 0 saturated heterocycles. The van der Waals surface area contributed by atoms with Gasteiger partial charge in [0.1, 0.15) is 5.69 Å². The van der Waals surface area contributed by atoms with Crippen molar-refractivity contribution in [3.63, 3.8) is 0 Å². The van der Waals surface area contributed by atoms with Gasteiger partial charge in [-0.3, -0.25) is 4.79 Å². The summed E-state index contributed by atoms with van der Waals surface area (Å²) in [6.45, 7) is -1.41. The van der Waals surface area contributed by atoms with Gasteiger partial charge in [-0.1, -0.05) is 0 Å². The molecular weight excluding hydrogens is 355 g/mol. The van der Waals surface area contributed by atoms with Gasteiger partial charge >= 0.3 is 6.18 Å². The Balaban J connectivity index is 1.94. The summed E-state index contributed by atoms with van der Waals surface area (Å²) in [4.78, 5) is 18.2. The van der Waals surface area contributed by atoms with Crippen LogP contribution in [0.2, 0.25) is 0 Å². The van der Waals surface area contributed by atoms with Crippen LogP contribution in [0.1, 0.15) is 10.5 Å². The molecule has 2 aromatic rings. The molecule has 112 valence electrons. The van der Waals surface area contributed by atoms with Crippen molar-refractivity contribution in [1.29, 1.82) is 0 Å². The van der Waals surface area contributed by atoms with Crippen LogP contribution in [0.25, 0.3) is 0 Å². The third kappa shape index (κ3) is 4.78. The second kappa shape index (κ2) is 6.17. The molecule has 0 spiro atoms. The van der Waals surface area contributed by atoms with Gasteiger partial charge in [0.25, 0.3) is 5.91 Å². The lowest BCUT2D eigenvalue weighted by atomic mass is 10.3. The first-order valence-corrected chi connectivity index (χ1v) is 6.44. The van der Waals surface area contributed by atoms with Crippen molar-refractivity contribution >= 4 is 27.5 Å². The number of aromatic amines is 1. The van der Waals surface area contributed by atoms with E-state index < -0.39 is 18.7 Å². The van der Waals surface area contributed by atoms with Crippen LogP contribution in [0.15, 0.2) is 35.1 Å². The molecule has 2 rings (SSSR count). The van der Waals surface area contributed by atoms with Crippen molar-refractivity contribution in [3.05, 3.63) is 40.8 Å². The zero-order valence-corrected chi connectivity index (χ0v) is 12.0. The number of nitrogens with one attached hydrogen (secondary N) is 2. The Morgan fingerprint density at radius 3 is 2.71 bits per heavy atom. The highest BCUT2D eigenvalue weighted by molar-refractivity contribution is 9.10. The van der Waals surface area contributed by atoms with E-state index in [-0.39, 0.29) is 5.88 Å². The number of ether oxygens (including phenoxy) is 1. The minimum Gasteiger partial charge on any atom is -0.468 e. The molecule has 2 aromatic heterocycles. The number of carbonyl (C=O) groups excluding carboxylic acids is 1. The molecule has 2 N–H and O–H groups in total. The molecule has 0 aliphatic heterocycles. The van der Waals surface area contributed by atoms with Gasteiger partial charge in [-0.05, 0) is 28.1 Å². The summed E-state index contributed by atoms with van der Waals surface area (Å²) in [6, 6.07) is 4.23. The minimum atomic E-state index is -4.42. The number of anilines is 1. The quantitative estimate of drug-likeness (QED) is 0.874. The Hall–Kier alpha value is -2.03. The SMILES string of the molecule is O=C(Nc1ccc(OCC(F)(F)F)nc1)c1cc(Br)c[nH]1. The Labute approximate surface area is 125 Å². The van der Waals surface area contributed by atoms with Crippen LogP contribution in [0, 0.1) is 0 Å². The monoisotopic (exact) mass is 363 g/mol. The highest BCUT2D eigenvalue weighted by Crippen LogP contribution is 2.18. The van der Waals surface area contributed by atoms with Gasteiger partial charge in [-0.25, -0.2) is 4.98 Å². The number of H-pyrrole nitrogens is 1. The molecule has 0 saturated carbocycles. The lowest BCUT2D eigenvalue weighted by Crippen LogP contribution is -2.19. The summed E-state index contributed by atoms with van der Waals surface area (Å²) < 4.78 is 41.1. The number of amides is 1. The average Bonchev–Trinajstić information content (AvgIpc) is 2.84. The fourth-order valence-electron chi connectivity index (χ4n) is 1.39. The van der Waals surface area contributed by atoms with Gasteiger partial charge in [-0.15, -0.1) is 0 Å². The number of carbonyl (C=O) groups is 1. The number of rotatable bonds is 4. The number of aromatic nitrogens is 2. The molecular formula is C12H9BrF3N3O2. The van der Waals surface area contributed by atoms with Gasteiger partial charge in [-0.2, -0.15) is 13.2 Å². The standard InChI is InChI=1S/C12H9BrF3N3O2/c13-7-3-9(17-4-7)11(20)19-8-1-2-10(18-5-8)21-6-12(14,15)16/h1-5,17H,6H2,(H,19,20). The fourth-order valence-corrected chi connectivity index (χ4v) is 1.74. The maximum atomic E-state index is 12.0. The molecule has 0 unspecified atom stereocenters. The molecule has 1 amide bonds. The summed E-state index contributed by atoms with van der Waals surface area (Å²) in [5, 5.41) is 2.54.